The molecular weight excluding hydrogens is 690 g/mol. The Morgan fingerprint density at radius 3 is 2.02 bits per heavy atom. The number of carboxylic acids is 2. The average molecular weight is 714 g/mol. The molecule has 0 aliphatic heterocycles. The molecule has 0 saturated carbocycles. The summed E-state index contributed by atoms with van der Waals surface area (Å²) < 4.78 is 69.7. The van der Waals surface area contributed by atoms with Gasteiger partial charge in [-0.05, 0) is 30.3 Å². The molecular formula is C28H23N7O12S2. The molecule has 0 amide bonds. The fraction of sp³-hybridized carbons (Fsp3) is 0.107. The predicted octanol–water partition coefficient (Wildman–Crippen LogP) is 3.90. The van der Waals surface area contributed by atoms with Gasteiger partial charge in [-0.2, -0.15) is 31.8 Å². The molecule has 19 nitrogen and oxygen atoms in total. The second kappa shape index (κ2) is 12.5. The summed E-state index contributed by atoms with van der Waals surface area (Å²) in [5.74, 6) is -4.59. The van der Waals surface area contributed by atoms with Crippen LogP contribution in [0.1, 0.15) is 34.1 Å². The summed E-state index contributed by atoms with van der Waals surface area (Å²) in [4.78, 5) is 33.0. The van der Waals surface area contributed by atoms with Crippen LogP contribution in [0.5, 0.6) is 6.01 Å². The Morgan fingerprint density at radius 2 is 1.41 bits per heavy atom. The van der Waals surface area contributed by atoms with Crippen LogP contribution in [0, 0.1) is 5.41 Å². The number of nitrogens with one attached hydrogen (secondary N) is 2. The first-order valence-electron chi connectivity index (χ1n) is 13.5. The fourth-order valence-electron chi connectivity index (χ4n) is 5.06. The molecule has 1 aromatic heterocycles. The molecule has 8 N–H and O–H groups in total. The van der Waals surface area contributed by atoms with Crippen molar-refractivity contribution in [3.05, 3.63) is 104 Å². The number of nitrogens with zero attached hydrogens (tertiary/aromatic N) is 5. The molecule has 5 rings (SSSR count). The van der Waals surface area contributed by atoms with Crippen LogP contribution in [0.4, 0.5) is 23.3 Å². The van der Waals surface area contributed by atoms with Crippen LogP contribution in [0.15, 0.2) is 103 Å². The topological polar surface area (TPSA) is 311 Å². The van der Waals surface area contributed by atoms with Gasteiger partial charge in [0, 0.05) is 17.4 Å². The Bertz CT molecular complexity index is 2320. The summed E-state index contributed by atoms with van der Waals surface area (Å²) in [5.41, 5.74) is -4.08. The lowest BCUT2D eigenvalue weighted by atomic mass is 9.71. The Balaban J connectivity index is 1.66. The van der Waals surface area contributed by atoms with E-state index in [1.807, 2.05) is 0 Å². The van der Waals surface area contributed by atoms with E-state index in [4.69, 9.17) is 0 Å². The van der Waals surface area contributed by atoms with Crippen LogP contribution < -0.4 is 10.6 Å². The highest BCUT2D eigenvalue weighted by Gasteiger charge is 2.46. The molecule has 2 aromatic carbocycles. The number of hydrogen-bond donors (Lipinski definition) is 8. The molecule has 0 radical (unpaired) electrons. The van der Waals surface area contributed by atoms with Gasteiger partial charge in [0.05, 0.1) is 27.4 Å². The van der Waals surface area contributed by atoms with Gasteiger partial charge in [0.25, 0.3) is 20.2 Å². The Morgan fingerprint density at radius 1 is 0.816 bits per heavy atom. The fourth-order valence-corrected chi connectivity index (χ4v) is 6.60. The van der Waals surface area contributed by atoms with Crippen LogP contribution in [0.25, 0.3) is 0 Å². The van der Waals surface area contributed by atoms with Crippen LogP contribution in [0.2, 0.25) is 0 Å². The van der Waals surface area contributed by atoms with E-state index >= 15 is 0 Å². The number of carbonyl (C=O) groups is 2. The Labute approximate surface area is 275 Å². The highest BCUT2D eigenvalue weighted by molar-refractivity contribution is 7.90. The Kier molecular flexibility index (Phi) is 8.78. The van der Waals surface area contributed by atoms with Gasteiger partial charge < -0.3 is 31.1 Å². The minimum absolute atomic E-state index is 0.0163. The summed E-state index contributed by atoms with van der Waals surface area (Å²) >= 11 is 0. The standard InChI is InChI=1S/C28H23N7O12S2/c1-28-11-13(48(42,43)44)10-18(30-26-31-25(32-27(41)33-26)29-16-8-4-2-6-14(16)23(37)38)20(28)22(36)21(19(12-28)49(45,46)47)35-34-17-9-5-3-7-15(17)24(39)40/h2-11,36H,12H2,1H3,(H,37,38)(H,39,40)(H,42,43,44)(H,45,46,47)(H3,29,30,31,32,33,41). The van der Waals surface area contributed by atoms with Crippen LogP contribution >= 0.6 is 0 Å². The zero-order valence-corrected chi connectivity index (χ0v) is 26.3. The van der Waals surface area contributed by atoms with E-state index in [1.54, 1.807) is 0 Å². The lowest BCUT2D eigenvalue weighted by molar-refractivity contribution is 0.0687. The van der Waals surface area contributed by atoms with E-state index in [0.29, 0.717) is 0 Å². The molecule has 21 heteroatoms. The summed E-state index contributed by atoms with van der Waals surface area (Å²) in [7, 11) is -10.2. The number of aromatic carboxylic acids is 2. The second-order valence-electron chi connectivity index (χ2n) is 10.6. The van der Waals surface area contributed by atoms with Crippen molar-refractivity contribution in [3.63, 3.8) is 0 Å². The van der Waals surface area contributed by atoms with E-state index in [-0.39, 0.29) is 33.8 Å². The van der Waals surface area contributed by atoms with Crippen molar-refractivity contribution in [1.82, 2.24) is 15.0 Å². The molecule has 0 saturated heterocycles. The number of para-hydroxylation sites is 1. The highest BCUT2D eigenvalue weighted by atomic mass is 32.2. The number of azo groups is 1. The van der Waals surface area contributed by atoms with Gasteiger partial charge in [0.1, 0.15) is 22.0 Å². The van der Waals surface area contributed by atoms with Crippen LogP contribution in [-0.2, 0) is 20.2 Å². The predicted molar refractivity (Wildman–Crippen MR) is 168 cm³/mol. The van der Waals surface area contributed by atoms with Crippen molar-refractivity contribution in [2.45, 2.75) is 13.3 Å². The minimum atomic E-state index is -5.19. The first-order valence-corrected chi connectivity index (χ1v) is 16.4. The lowest BCUT2D eigenvalue weighted by Crippen LogP contribution is -2.33. The second-order valence-corrected chi connectivity index (χ2v) is 13.4. The third kappa shape index (κ3) is 7.13. The average Bonchev–Trinajstić information content (AvgIpc) is 2.99. The van der Waals surface area contributed by atoms with Crippen LogP contribution in [0.3, 0.4) is 0 Å². The number of anilines is 3. The maximum absolute atomic E-state index is 12.5. The van der Waals surface area contributed by atoms with Gasteiger partial charge in [-0.3, -0.25) is 9.11 Å². The molecule has 3 aromatic rings. The molecule has 49 heavy (non-hydrogen) atoms. The number of carboxylic acid groups (broad SMARTS) is 2. The van der Waals surface area contributed by atoms with Gasteiger partial charge in [-0.1, -0.05) is 37.3 Å². The lowest BCUT2D eigenvalue weighted by Gasteiger charge is -2.38. The smallest absolute Gasteiger partial charge is 0.337 e. The van der Waals surface area contributed by atoms with Gasteiger partial charge in [0.15, 0.2) is 0 Å². The minimum Gasteiger partial charge on any atom is -0.505 e. The molecule has 1 unspecified atom stereocenters. The molecule has 2 aliphatic carbocycles. The summed E-state index contributed by atoms with van der Waals surface area (Å²) in [5, 5.41) is 53.5. The third-order valence-electron chi connectivity index (χ3n) is 7.12. The van der Waals surface area contributed by atoms with Crippen molar-refractivity contribution in [3.8, 4) is 6.01 Å². The van der Waals surface area contributed by atoms with Crippen LogP contribution in [-0.4, -0.2) is 73.3 Å². The van der Waals surface area contributed by atoms with Crippen molar-refractivity contribution < 1.29 is 56.0 Å². The van der Waals surface area contributed by atoms with Gasteiger partial charge in [0.2, 0.25) is 11.9 Å². The molecule has 0 bridgehead atoms. The quantitative estimate of drug-likeness (QED) is 0.109. The zero-order chi connectivity index (χ0) is 35.9. The molecule has 254 valence electrons. The maximum atomic E-state index is 12.5. The first kappa shape index (κ1) is 34.3. The number of rotatable bonds is 10. The van der Waals surface area contributed by atoms with Crippen molar-refractivity contribution in [1.29, 1.82) is 0 Å². The van der Waals surface area contributed by atoms with E-state index in [1.165, 1.54) is 55.5 Å². The SMILES string of the molecule is CC12C=C(S(=O)(=O)O)C=C(Nc3nc(O)nc(Nc4ccccc4C(=O)O)n3)C1=C(O)C(N=Nc1ccccc1C(=O)O)=C(S(=O)(=O)O)C2. The molecule has 1 heterocycles. The summed E-state index contributed by atoms with van der Waals surface area (Å²) in [6.07, 6.45) is 0.973. The van der Waals surface area contributed by atoms with Crippen molar-refractivity contribution >= 4 is 55.4 Å². The number of aliphatic hydroxyl groups excluding tert-OH is 1. The van der Waals surface area contributed by atoms with Crippen molar-refractivity contribution in [2.24, 2.45) is 15.6 Å². The molecule has 2 aliphatic rings. The van der Waals surface area contributed by atoms with E-state index in [2.05, 4.69) is 35.8 Å². The largest absolute Gasteiger partial charge is 0.505 e. The highest BCUT2D eigenvalue weighted by Crippen LogP contribution is 2.51. The van der Waals surface area contributed by atoms with E-state index in [0.717, 1.165) is 12.2 Å². The van der Waals surface area contributed by atoms with Gasteiger partial charge >= 0.3 is 17.9 Å². The normalized spacial score (nSPS) is 18.1. The number of hydrogen-bond acceptors (Lipinski definition) is 15. The summed E-state index contributed by atoms with van der Waals surface area (Å²) in [6.45, 7) is 1.26. The first-order chi connectivity index (χ1) is 22.9. The number of benzene rings is 2. The van der Waals surface area contributed by atoms with Crippen molar-refractivity contribution in [2.75, 3.05) is 10.6 Å². The van der Waals surface area contributed by atoms with Gasteiger partial charge in [-0.15, -0.1) is 10.2 Å². The molecule has 0 fully saturated rings. The third-order valence-corrected chi connectivity index (χ3v) is 8.91. The number of fused-ring (bicyclic) bond motifs is 1. The number of aromatic nitrogens is 3. The number of aromatic hydroxyl groups is 1. The summed E-state index contributed by atoms with van der Waals surface area (Å²) in [6, 6.07) is 9.96. The monoisotopic (exact) mass is 713 g/mol. The number of aliphatic hydroxyl groups is 1. The van der Waals surface area contributed by atoms with Gasteiger partial charge in [-0.25, -0.2) is 9.59 Å². The Hall–Kier alpha value is -6.03. The van der Waals surface area contributed by atoms with E-state index in [9.17, 15) is 56.0 Å². The molecule has 0 spiro atoms. The molecule has 1 atom stereocenters. The van der Waals surface area contributed by atoms with E-state index < -0.39 is 83.2 Å². The zero-order valence-electron chi connectivity index (χ0n) is 24.7. The maximum Gasteiger partial charge on any atom is 0.337 e. The number of allylic oxidation sites excluding steroid dienone is 4.